The first-order valence-corrected chi connectivity index (χ1v) is 2.01. The Morgan fingerprint density at radius 1 is 1.27 bits per heavy atom. The molecule has 0 unspecified atom stereocenters. The molecular formula is C4H16O7. The van der Waals surface area contributed by atoms with E-state index in [2.05, 4.69) is 4.74 Å². The van der Waals surface area contributed by atoms with Crippen molar-refractivity contribution in [3.8, 4) is 0 Å². The summed E-state index contributed by atoms with van der Waals surface area (Å²) >= 11 is 0. The SMILES string of the molecule is CC(=O)OCCO.O.O.O.O. The van der Waals surface area contributed by atoms with E-state index in [4.69, 9.17) is 5.11 Å². The number of ether oxygens (including phenoxy) is 1. The summed E-state index contributed by atoms with van der Waals surface area (Å²) in [5.41, 5.74) is 0. The number of hydrogen-bond acceptors (Lipinski definition) is 3. The van der Waals surface area contributed by atoms with Gasteiger partial charge in [-0.1, -0.05) is 0 Å². The molecular weight excluding hydrogens is 160 g/mol. The molecule has 0 aliphatic rings. The molecule has 0 aliphatic carbocycles. The van der Waals surface area contributed by atoms with Crippen molar-refractivity contribution < 1.29 is 36.5 Å². The Bertz CT molecular complexity index is 63.5. The molecule has 0 heterocycles. The molecule has 74 valence electrons. The summed E-state index contributed by atoms with van der Waals surface area (Å²) < 4.78 is 4.30. The summed E-state index contributed by atoms with van der Waals surface area (Å²) in [6.07, 6.45) is 0. The van der Waals surface area contributed by atoms with Crippen molar-refractivity contribution >= 4 is 5.97 Å². The minimum atomic E-state index is -0.353. The van der Waals surface area contributed by atoms with Gasteiger partial charge in [0.2, 0.25) is 0 Å². The molecule has 0 saturated heterocycles. The van der Waals surface area contributed by atoms with Gasteiger partial charge in [-0.25, -0.2) is 0 Å². The monoisotopic (exact) mass is 176 g/mol. The van der Waals surface area contributed by atoms with Crippen LogP contribution in [0.4, 0.5) is 0 Å². The molecule has 0 aromatic carbocycles. The maximum Gasteiger partial charge on any atom is 0.302 e. The maximum atomic E-state index is 9.87. The zero-order chi connectivity index (χ0) is 5.70. The van der Waals surface area contributed by atoms with E-state index < -0.39 is 0 Å². The number of carbonyl (C=O) groups is 1. The van der Waals surface area contributed by atoms with E-state index in [1.807, 2.05) is 0 Å². The Morgan fingerprint density at radius 3 is 1.73 bits per heavy atom. The van der Waals surface area contributed by atoms with Crippen molar-refractivity contribution in [2.45, 2.75) is 6.92 Å². The second kappa shape index (κ2) is 22.8. The predicted molar refractivity (Wildman–Crippen MR) is 38.2 cm³/mol. The molecule has 0 radical (unpaired) electrons. The highest BCUT2D eigenvalue weighted by Crippen LogP contribution is 1.71. The van der Waals surface area contributed by atoms with Crippen LogP contribution >= 0.6 is 0 Å². The summed E-state index contributed by atoms with van der Waals surface area (Å²) in [6, 6.07) is 0. The predicted octanol–water partition coefficient (Wildman–Crippen LogP) is -3.76. The Balaban J connectivity index is -0.0000000300. The van der Waals surface area contributed by atoms with E-state index in [1.54, 1.807) is 0 Å². The first-order valence-electron chi connectivity index (χ1n) is 2.01. The Hall–Kier alpha value is -0.730. The largest absolute Gasteiger partial charge is 0.463 e. The van der Waals surface area contributed by atoms with Gasteiger partial charge in [0.25, 0.3) is 0 Å². The van der Waals surface area contributed by atoms with E-state index >= 15 is 0 Å². The molecule has 0 aromatic heterocycles. The number of aliphatic hydroxyl groups excluding tert-OH is 1. The zero-order valence-electron chi connectivity index (χ0n) is 6.18. The summed E-state index contributed by atoms with van der Waals surface area (Å²) in [7, 11) is 0. The summed E-state index contributed by atoms with van der Waals surface area (Å²) in [5, 5.41) is 8.04. The molecule has 0 saturated carbocycles. The van der Waals surface area contributed by atoms with E-state index in [-0.39, 0.29) is 41.1 Å². The Kier molecular flexibility index (Phi) is 65.9. The molecule has 0 fully saturated rings. The van der Waals surface area contributed by atoms with Gasteiger partial charge in [-0.2, -0.15) is 0 Å². The lowest BCUT2D eigenvalue weighted by molar-refractivity contribution is -0.141. The molecule has 0 aromatic rings. The lowest BCUT2D eigenvalue weighted by Crippen LogP contribution is -2.03. The van der Waals surface area contributed by atoms with Crippen LogP contribution in [0, 0.1) is 0 Å². The second-order valence-electron chi connectivity index (χ2n) is 1.06. The lowest BCUT2D eigenvalue weighted by atomic mass is 10.7. The van der Waals surface area contributed by atoms with E-state index in [9.17, 15) is 4.79 Å². The van der Waals surface area contributed by atoms with E-state index in [0.29, 0.717) is 0 Å². The van der Waals surface area contributed by atoms with Crippen LogP contribution in [-0.4, -0.2) is 46.2 Å². The second-order valence-corrected chi connectivity index (χ2v) is 1.06. The first-order chi connectivity index (χ1) is 3.27. The molecule has 0 atom stereocenters. The van der Waals surface area contributed by atoms with Crippen molar-refractivity contribution in [3.05, 3.63) is 0 Å². The van der Waals surface area contributed by atoms with Gasteiger partial charge in [0.15, 0.2) is 0 Å². The van der Waals surface area contributed by atoms with Gasteiger partial charge in [0.05, 0.1) is 6.61 Å². The summed E-state index contributed by atoms with van der Waals surface area (Å²) in [5.74, 6) is -0.353. The summed E-state index contributed by atoms with van der Waals surface area (Å²) in [4.78, 5) is 9.87. The Labute approximate surface area is 63.8 Å². The van der Waals surface area contributed by atoms with Crippen molar-refractivity contribution in [2.24, 2.45) is 0 Å². The highest BCUT2D eigenvalue weighted by Gasteiger charge is 1.86. The minimum Gasteiger partial charge on any atom is -0.463 e. The summed E-state index contributed by atoms with van der Waals surface area (Å²) in [6.45, 7) is 1.31. The molecule has 0 amide bonds. The fourth-order valence-electron chi connectivity index (χ4n) is 0.189. The van der Waals surface area contributed by atoms with Gasteiger partial charge in [-0.15, -0.1) is 0 Å². The van der Waals surface area contributed by atoms with E-state index in [1.165, 1.54) is 6.92 Å². The first kappa shape index (κ1) is 31.8. The van der Waals surface area contributed by atoms with Gasteiger partial charge in [-0.3, -0.25) is 4.79 Å². The average Bonchev–Trinajstić information content (AvgIpc) is 1.61. The van der Waals surface area contributed by atoms with Gasteiger partial charge >= 0.3 is 5.97 Å². The molecule has 7 heteroatoms. The standard InChI is InChI=1S/C4H8O3.4H2O/c1-4(6)7-3-2-5;;;;/h5H,2-3H2,1H3;4*1H2. The van der Waals surface area contributed by atoms with Crippen LogP contribution in [0.1, 0.15) is 6.92 Å². The zero-order valence-corrected chi connectivity index (χ0v) is 6.18. The fraction of sp³-hybridized carbons (Fsp3) is 0.750. The highest BCUT2D eigenvalue weighted by molar-refractivity contribution is 5.65. The van der Waals surface area contributed by atoms with Crippen LogP contribution in [0.15, 0.2) is 0 Å². The molecule has 11 heavy (non-hydrogen) atoms. The molecule has 0 bridgehead atoms. The van der Waals surface area contributed by atoms with Crippen LogP contribution in [0.5, 0.6) is 0 Å². The van der Waals surface area contributed by atoms with Crippen LogP contribution in [0.25, 0.3) is 0 Å². The van der Waals surface area contributed by atoms with E-state index in [0.717, 1.165) is 0 Å². The van der Waals surface area contributed by atoms with Gasteiger partial charge in [0, 0.05) is 6.92 Å². The number of esters is 1. The smallest absolute Gasteiger partial charge is 0.302 e. The van der Waals surface area contributed by atoms with Crippen LogP contribution in [0.2, 0.25) is 0 Å². The Morgan fingerprint density at radius 2 is 1.64 bits per heavy atom. The quantitative estimate of drug-likeness (QED) is 0.426. The fourth-order valence-corrected chi connectivity index (χ4v) is 0.189. The molecule has 7 nitrogen and oxygen atoms in total. The van der Waals surface area contributed by atoms with Gasteiger partial charge in [-0.05, 0) is 0 Å². The number of rotatable bonds is 2. The van der Waals surface area contributed by atoms with Crippen LogP contribution in [-0.2, 0) is 9.53 Å². The number of carbonyl (C=O) groups excluding carboxylic acids is 1. The average molecular weight is 176 g/mol. The molecule has 0 aliphatic heterocycles. The lowest BCUT2D eigenvalue weighted by Gasteiger charge is -1.93. The van der Waals surface area contributed by atoms with Gasteiger partial charge in [0.1, 0.15) is 6.61 Å². The van der Waals surface area contributed by atoms with Crippen LogP contribution in [0.3, 0.4) is 0 Å². The van der Waals surface area contributed by atoms with Crippen LogP contribution < -0.4 is 0 Å². The van der Waals surface area contributed by atoms with Gasteiger partial charge < -0.3 is 31.7 Å². The normalized spacial score (nSPS) is 5.27. The molecule has 0 rings (SSSR count). The molecule has 0 spiro atoms. The van der Waals surface area contributed by atoms with Crippen molar-refractivity contribution in [2.75, 3.05) is 13.2 Å². The minimum absolute atomic E-state index is 0. The third-order valence-corrected chi connectivity index (χ3v) is 0.397. The maximum absolute atomic E-state index is 9.87. The van der Waals surface area contributed by atoms with Crippen molar-refractivity contribution in [1.82, 2.24) is 0 Å². The number of hydrogen-bond donors (Lipinski definition) is 1. The molecule has 9 N–H and O–H groups in total. The number of aliphatic hydroxyl groups is 1. The topological polar surface area (TPSA) is 173 Å². The highest BCUT2D eigenvalue weighted by atomic mass is 16.5. The van der Waals surface area contributed by atoms with Crippen molar-refractivity contribution in [1.29, 1.82) is 0 Å². The third-order valence-electron chi connectivity index (χ3n) is 0.397. The third kappa shape index (κ3) is 45.8. The van der Waals surface area contributed by atoms with Crippen molar-refractivity contribution in [3.63, 3.8) is 0 Å².